The molecule has 0 fully saturated rings. The van der Waals surface area contributed by atoms with Gasteiger partial charge in [-0.15, -0.1) is 11.8 Å². The molecule has 0 heterocycles. The van der Waals surface area contributed by atoms with Crippen molar-refractivity contribution in [2.24, 2.45) is 0 Å². The van der Waals surface area contributed by atoms with Crippen molar-refractivity contribution >= 4 is 29.1 Å². The maximum Gasteiger partial charge on any atom is 0.180 e. The van der Waals surface area contributed by atoms with Gasteiger partial charge in [0.05, 0.1) is 5.25 Å². The highest BCUT2D eigenvalue weighted by Crippen LogP contribution is 2.38. The zero-order chi connectivity index (χ0) is 16.1. The molecular weight excluding hydrogens is 324 g/mol. The Balaban J connectivity index is 1.94. The van der Waals surface area contributed by atoms with Gasteiger partial charge in [-0.05, 0) is 29.8 Å². The Labute approximate surface area is 145 Å². The number of ketones is 1. The van der Waals surface area contributed by atoms with E-state index in [1.54, 1.807) is 11.8 Å². The molecule has 0 spiro atoms. The number of rotatable bonds is 5. The first-order valence-electron chi connectivity index (χ1n) is 7.30. The molecule has 0 saturated heterocycles. The minimum atomic E-state index is -0.278. The van der Waals surface area contributed by atoms with Crippen molar-refractivity contribution in [2.75, 3.05) is 0 Å². The van der Waals surface area contributed by atoms with Crippen LogP contribution in [0.4, 0.5) is 0 Å². The van der Waals surface area contributed by atoms with Crippen LogP contribution in [-0.2, 0) is 0 Å². The molecule has 0 aliphatic heterocycles. The molecular formula is C20H15ClOS. The van der Waals surface area contributed by atoms with Gasteiger partial charge in [-0.3, -0.25) is 4.79 Å². The van der Waals surface area contributed by atoms with E-state index in [1.807, 2.05) is 84.9 Å². The number of halogens is 1. The molecule has 0 aliphatic rings. The number of carbonyl (C=O) groups is 1. The highest BCUT2D eigenvalue weighted by molar-refractivity contribution is 8.00. The van der Waals surface area contributed by atoms with Crippen LogP contribution in [0.2, 0.25) is 5.02 Å². The lowest BCUT2D eigenvalue weighted by Gasteiger charge is -2.16. The molecule has 3 aromatic rings. The van der Waals surface area contributed by atoms with Gasteiger partial charge in [0.25, 0.3) is 0 Å². The summed E-state index contributed by atoms with van der Waals surface area (Å²) in [7, 11) is 0. The van der Waals surface area contributed by atoms with E-state index < -0.39 is 0 Å². The number of hydrogen-bond donors (Lipinski definition) is 0. The molecule has 0 N–H and O–H groups in total. The fraction of sp³-hybridized carbons (Fsp3) is 0.0500. The highest BCUT2D eigenvalue weighted by atomic mass is 35.5. The quantitative estimate of drug-likeness (QED) is 0.415. The standard InChI is InChI=1S/C20H15ClOS/c21-17-11-13-18(14-12-17)23-20(16-9-5-2-6-10-16)19(22)15-7-3-1-4-8-15/h1-14,20H/t20-/m0/s1. The Morgan fingerprint density at radius 3 is 1.96 bits per heavy atom. The van der Waals surface area contributed by atoms with Crippen LogP contribution in [0.5, 0.6) is 0 Å². The molecule has 0 aliphatic carbocycles. The van der Waals surface area contributed by atoms with Gasteiger partial charge in [0.1, 0.15) is 0 Å². The first-order chi connectivity index (χ1) is 11.2. The molecule has 114 valence electrons. The topological polar surface area (TPSA) is 17.1 Å². The van der Waals surface area contributed by atoms with Crippen molar-refractivity contribution in [1.82, 2.24) is 0 Å². The van der Waals surface area contributed by atoms with E-state index in [2.05, 4.69) is 0 Å². The summed E-state index contributed by atoms with van der Waals surface area (Å²) in [6, 6.07) is 26.9. The van der Waals surface area contributed by atoms with E-state index >= 15 is 0 Å². The zero-order valence-electron chi connectivity index (χ0n) is 12.4. The van der Waals surface area contributed by atoms with E-state index in [0.717, 1.165) is 16.0 Å². The van der Waals surface area contributed by atoms with Gasteiger partial charge >= 0.3 is 0 Å². The molecule has 0 aromatic heterocycles. The molecule has 0 unspecified atom stereocenters. The minimum Gasteiger partial charge on any atom is -0.293 e. The fourth-order valence-electron chi connectivity index (χ4n) is 2.30. The van der Waals surface area contributed by atoms with Gasteiger partial charge in [-0.2, -0.15) is 0 Å². The molecule has 0 bridgehead atoms. The van der Waals surface area contributed by atoms with Crippen LogP contribution in [0.1, 0.15) is 21.2 Å². The number of Topliss-reactive ketones (excluding diaryl/α,β-unsaturated/α-hetero) is 1. The Kier molecular flexibility index (Phi) is 5.16. The SMILES string of the molecule is O=C(c1ccccc1)[C@@H](Sc1ccc(Cl)cc1)c1ccccc1. The summed E-state index contributed by atoms with van der Waals surface area (Å²) in [5.74, 6) is 0.108. The summed E-state index contributed by atoms with van der Waals surface area (Å²) in [6.07, 6.45) is 0. The van der Waals surface area contributed by atoms with Crippen molar-refractivity contribution in [3.63, 3.8) is 0 Å². The van der Waals surface area contributed by atoms with Crippen LogP contribution >= 0.6 is 23.4 Å². The van der Waals surface area contributed by atoms with Crippen LogP contribution in [0.25, 0.3) is 0 Å². The number of thioether (sulfide) groups is 1. The summed E-state index contributed by atoms with van der Waals surface area (Å²) < 4.78 is 0. The van der Waals surface area contributed by atoms with E-state index in [1.165, 1.54) is 0 Å². The van der Waals surface area contributed by atoms with Gasteiger partial charge in [0, 0.05) is 15.5 Å². The van der Waals surface area contributed by atoms with Crippen molar-refractivity contribution in [3.05, 3.63) is 101 Å². The van der Waals surface area contributed by atoms with E-state index in [4.69, 9.17) is 11.6 Å². The highest BCUT2D eigenvalue weighted by Gasteiger charge is 2.23. The van der Waals surface area contributed by atoms with Gasteiger partial charge in [0.2, 0.25) is 0 Å². The predicted molar refractivity (Wildman–Crippen MR) is 97.3 cm³/mol. The Morgan fingerprint density at radius 1 is 0.783 bits per heavy atom. The first-order valence-corrected chi connectivity index (χ1v) is 8.56. The van der Waals surface area contributed by atoms with Crippen LogP contribution in [0.3, 0.4) is 0 Å². The maximum atomic E-state index is 13.0. The third-order valence-electron chi connectivity index (χ3n) is 3.47. The van der Waals surface area contributed by atoms with Gasteiger partial charge < -0.3 is 0 Å². The van der Waals surface area contributed by atoms with Crippen LogP contribution < -0.4 is 0 Å². The largest absolute Gasteiger partial charge is 0.293 e. The van der Waals surface area contributed by atoms with Crippen molar-refractivity contribution in [1.29, 1.82) is 0 Å². The monoisotopic (exact) mass is 338 g/mol. The summed E-state index contributed by atoms with van der Waals surface area (Å²) >= 11 is 7.49. The second-order valence-corrected chi connectivity index (χ2v) is 6.71. The third-order valence-corrected chi connectivity index (χ3v) is 4.98. The zero-order valence-corrected chi connectivity index (χ0v) is 13.9. The third kappa shape index (κ3) is 4.04. The second-order valence-electron chi connectivity index (χ2n) is 5.09. The number of benzene rings is 3. The average Bonchev–Trinajstić information content (AvgIpc) is 2.62. The van der Waals surface area contributed by atoms with E-state index in [-0.39, 0.29) is 11.0 Å². The van der Waals surface area contributed by atoms with E-state index in [9.17, 15) is 4.79 Å². The van der Waals surface area contributed by atoms with E-state index in [0.29, 0.717) is 5.02 Å². The lowest BCUT2D eigenvalue weighted by molar-refractivity contribution is 0.0989. The molecule has 0 saturated carbocycles. The Hall–Kier alpha value is -2.03. The second kappa shape index (κ2) is 7.49. The Morgan fingerprint density at radius 2 is 1.35 bits per heavy atom. The van der Waals surface area contributed by atoms with Crippen LogP contribution in [0.15, 0.2) is 89.8 Å². The lowest BCUT2D eigenvalue weighted by Crippen LogP contribution is -2.09. The summed E-state index contributed by atoms with van der Waals surface area (Å²) in [5.41, 5.74) is 1.73. The molecule has 23 heavy (non-hydrogen) atoms. The van der Waals surface area contributed by atoms with Crippen molar-refractivity contribution in [2.45, 2.75) is 10.1 Å². The molecule has 1 nitrogen and oxygen atoms in total. The van der Waals surface area contributed by atoms with Crippen molar-refractivity contribution in [3.8, 4) is 0 Å². The molecule has 3 heteroatoms. The maximum absolute atomic E-state index is 13.0. The fourth-order valence-corrected chi connectivity index (χ4v) is 3.53. The van der Waals surface area contributed by atoms with Gasteiger partial charge in [0.15, 0.2) is 5.78 Å². The summed E-state index contributed by atoms with van der Waals surface area (Å²) in [4.78, 5) is 14.0. The van der Waals surface area contributed by atoms with Crippen LogP contribution in [-0.4, -0.2) is 5.78 Å². The van der Waals surface area contributed by atoms with Gasteiger partial charge in [-0.25, -0.2) is 0 Å². The van der Waals surface area contributed by atoms with Gasteiger partial charge in [-0.1, -0.05) is 72.3 Å². The van der Waals surface area contributed by atoms with Crippen molar-refractivity contribution < 1.29 is 4.79 Å². The molecule has 3 rings (SSSR count). The normalized spacial score (nSPS) is 11.9. The first kappa shape index (κ1) is 15.9. The minimum absolute atomic E-state index is 0.108. The molecule has 0 radical (unpaired) electrons. The molecule has 1 atom stereocenters. The molecule has 3 aromatic carbocycles. The smallest absolute Gasteiger partial charge is 0.180 e. The number of hydrogen-bond acceptors (Lipinski definition) is 2. The number of carbonyl (C=O) groups excluding carboxylic acids is 1. The molecule has 0 amide bonds. The summed E-state index contributed by atoms with van der Waals surface area (Å²) in [5, 5.41) is 0.416. The van der Waals surface area contributed by atoms with Crippen LogP contribution in [0, 0.1) is 0 Å². The predicted octanol–water partition coefficient (Wildman–Crippen LogP) is 6.06. The average molecular weight is 339 g/mol. The summed E-state index contributed by atoms with van der Waals surface area (Å²) in [6.45, 7) is 0. The lowest BCUT2D eigenvalue weighted by atomic mass is 10.0. The Bertz CT molecular complexity index is 770.